The number of benzene rings is 2. The molecule has 1 aliphatic rings. The number of hydrogen-bond acceptors (Lipinski definition) is 7. The van der Waals surface area contributed by atoms with Gasteiger partial charge < -0.3 is 19.5 Å². The van der Waals surface area contributed by atoms with Crippen molar-refractivity contribution in [1.29, 1.82) is 0 Å². The molecule has 3 aromatic rings. The smallest absolute Gasteiger partial charge is 0.163 e. The summed E-state index contributed by atoms with van der Waals surface area (Å²) in [5.41, 5.74) is 1.51. The van der Waals surface area contributed by atoms with Gasteiger partial charge in [-0.15, -0.1) is 0 Å². The molecule has 9 heteroatoms. The zero-order chi connectivity index (χ0) is 22.9. The first-order valence-corrected chi connectivity index (χ1v) is 11.0. The van der Waals surface area contributed by atoms with Crippen molar-refractivity contribution in [2.45, 2.75) is 25.5 Å². The third kappa shape index (κ3) is 4.86. The van der Waals surface area contributed by atoms with E-state index < -0.39 is 0 Å². The molecule has 0 bridgehead atoms. The molecule has 1 N–H and O–H groups in total. The Kier molecular flexibility index (Phi) is 6.62. The average molecular weight is 477 g/mol. The van der Waals surface area contributed by atoms with Gasteiger partial charge >= 0.3 is 0 Å². The second kappa shape index (κ2) is 9.27. The molecule has 32 heavy (non-hydrogen) atoms. The highest BCUT2D eigenvalue weighted by molar-refractivity contribution is 6.42. The normalized spacial score (nSPS) is 18.5. The van der Waals surface area contributed by atoms with Crippen LogP contribution < -0.4 is 14.8 Å². The first-order chi connectivity index (χ1) is 15.3. The minimum absolute atomic E-state index is 0.0196. The maximum absolute atomic E-state index is 6.14. The van der Waals surface area contributed by atoms with Crippen molar-refractivity contribution in [2.24, 2.45) is 0 Å². The fraction of sp³-hybridized carbons (Fsp3) is 0.391. The summed E-state index contributed by atoms with van der Waals surface area (Å²) >= 11 is 12.2. The molecule has 2 aromatic carbocycles. The minimum Gasteiger partial charge on any atom is -0.493 e. The maximum Gasteiger partial charge on any atom is 0.163 e. The number of nitrogens with one attached hydrogen (secondary N) is 1. The van der Waals surface area contributed by atoms with Gasteiger partial charge in [-0.1, -0.05) is 23.2 Å². The van der Waals surface area contributed by atoms with E-state index in [1.54, 1.807) is 19.2 Å². The van der Waals surface area contributed by atoms with E-state index in [4.69, 9.17) is 37.4 Å². The highest BCUT2D eigenvalue weighted by Crippen LogP contribution is 2.35. The summed E-state index contributed by atoms with van der Waals surface area (Å²) < 4.78 is 17.7. The Balaban J connectivity index is 1.55. The van der Waals surface area contributed by atoms with Crippen LogP contribution in [0.15, 0.2) is 36.7 Å². The van der Waals surface area contributed by atoms with Crippen LogP contribution >= 0.6 is 23.2 Å². The Morgan fingerprint density at radius 2 is 1.97 bits per heavy atom. The summed E-state index contributed by atoms with van der Waals surface area (Å²) in [6, 6.07) is 9.02. The van der Waals surface area contributed by atoms with Crippen molar-refractivity contribution in [3.63, 3.8) is 0 Å². The predicted octanol–water partition coefficient (Wildman–Crippen LogP) is 5.18. The number of likely N-dealkylation sites (N-methyl/N-ethyl adjacent to an activating group) is 1. The molecule has 4 rings (SSSR count). The highest BCUT2D eigenvalue weighted by Gasteiger charge is 2.32. The molecule has 0 radical (unpaired) electrons. The van der Waals surface area contributed by atoms with E-state index in [1.165, 1.54) is 6.33 Å². The van der Waals surface area contributed by atoms with Crippen molar-refractivity contribution in [1.82, 2.24) is 14.9 Å². The van der Waals surface area contributed by atoms with E-state index in [9.17, 15) is 0 Å². The molecule has 2 heterocycles. The van der Waals surface area contributed by atoms with Gasteiger partial charge in [0.05, 0.1) is 29.3 Å². The fourth-order valence-corrected chi connectivity index (χ4v) is 3.77. The quantitative estimate of drug-likeness (QED) is 0.525. The number of rotatable bonds is 6. The van der Waals surface area contributed by atoms with Gasteiger partial charge in [0.25, 0.3) is 0 Å². The number of ether oxygens (including phenoxy) is 3. The molecule has 1 unspecified atom stereocenters. The minimum atomic E-state index is -0.0225. The van der Waals surface area contributed by atoms with Crippen molar-refractivity contribution in [3.8, 4) is 11.5 Å². The van der Waals surface area contributed by atoms with E-state index in [-0.39, 0.29) is 11.6 Å². The van der Waals surface area contributed by atoms with Gasteiger partial charge in [-0.25, -0.2) is 9.97 Å². The van der Waals surface area contributed by atoms with E-state index >= 15 is 0 Å². The van der Waals surface area contributed by atoms with Gasteiger partial charge in [-0.3, -0.25) is 4.90 Å². The van der Waals surface area contributed by atoms with E-state index in [0.717, 1.165) is 23.1 Å². The molecule has 0 spiro atoms. The molecule has 1 saturated heterocycles. The van der Waals surface area contributed by atoms with Gasteiger partial charge in [0.15, 0.2) is 11.5 Å². The van der Waals surface area contributed by atoms with Crippen LogP contribution in [0.2, 0.25) is 10.0 Å². The lowest BCUT2D eigenvalue weighted by Crippen LogP contribution is -2.55. The molecule has 1 aliphatic heterocycles. The van der Waals surface area contributed by atoms with Crippen LogP contribution in [-0.4, -0.2) is 60.4 Å². The maximum atomic E-state index is 6.14. The van der Waals surface area contributed by atoms with E-state index in [1.807, 2.05) is 18.2 Å². The van der Waals surface area contributed by atoms with Crippen molar-refractivity contribution >= 4 is 45.6 Å². The van der Waals surface area contributed by atoms with Crippen molar-refractivity contribution in [2.75, 3.05) is 39.2 Å². The zero-order valence-electron chi connectivity index (χ0n) is 18.5. The van der Waals surface area contributed by atoms with E-state index in [0.29, 0.717) is 40.6 Å². The first-order valence-electron chi connectivity index (χ1n) is 10.3. The number of anilines is 2. The number of nitrogens with zero attached hydrogens (tertiary/aromatic N) is 3. The molecular formula is C23H26Cl2N4O3. The molecular weight excluding hydrogens is 451 g/mol. The Labute approximate surface area is 197 Å². The lowest BCUT2D eigenvalue weighted by molar-refractivity contribution is -0.100. The third-order valence-corrected chi connectivity index (χ3v) is 6.45. The highest BCUT2D eigenvalue weighted by atomic mass is 35.5. The van der Waals surface area contributed by atoms with Crippen LogP contribution in [0, 0.1) is 0 Å². The van der Waals surface area contributed by atoms with Gasteiger partial charge in [0, 0.05) is 29.2 Å². The summed E-state index contributed by atoms with van der Waals surface area (Å²) in [6.45, 7) is 6.20. The molecule has 1 atom stereocenters. The van der Waals surface area contributed by atoms with Gasteiger partial charge in [-0.2, -0.15) is 0 Å². The Morgan fingerprint density at radius 1 is 1.16 bits per heavy atom. The second-order valence-electron chi connectivity index (χ2n) is 8.43. The molecule has 170 valence electrons. The van der Waals surface area contributed by atoms with Gasteiger partial charge in [0.2, 0.25) is 0 Å². The second-order valence-corrected chi connectivity index (χ2v) is 9.25. The summed E-state index contributed by atoms with van der Waals surface area (Å²) in [7, 11) is 3.71. The molecule has 0 aliphatic carbocycles. The standard InChI is InChI=1S/C23H26Cl2N4O3/c1-23(2)12-32-15(10-29(23)3)11-31-21-9-19-16(8-20(21)30-4)22(27-13-26-19)28-14-5-6-17(24)18(25)7-14/h5-9,13,15H,10-12H2,1-4H3,(H,26,27,28). The molecule has 7 nitrogen and oxygen atoms in total. The fourth-order valence-electron chi connectivity index (χ4n) is 3.47. The monoisotopic (exact) mass is 476 g/mol. The van der Waals surface area contributed by atoms with Crippen LogP contribution in [-0.2, 0) is 4.74 Å². The summed E-state index contributed by atoms with van der Waals surface area (Å²) in [4.78, 5) is 11.1. The number of morpholine rings is 1. The predicted molar refractivity (Wildman–Crippen MR) is 128 cm³/mol. The number of hydrogen-bond donors (Lipinski definition) is 1. The Morgan fingerprint density at radius 3 is 2.69 bits per heavy atom. The Bertz CT molecular complexity index is 1130. The number of methoxy groups -OCH3 is 1. The largest absolute Gasteiger partial charge is 0.493 e. The first kappa shape index (κ1) is 22.9. The summed E-state index contributed by atoms with van der Waals surface area (Å²) in [5.74, 6) is 1.82. The SMILES string of the molecule is COc1cc2c(Nc3ccc(Cl)c(Cl)c3)ncnc2cc1OCC1CN(C)C(C)(C)CO1. The van der Waals surface area contributed by atoms with Crippen molar-refractivity contribution < 1.29 is 14.2 Å². The molecule has 1 fully saturated rings. The molecule has 0 amide bonds. The van der Waals surface area contributed by atoms with Crippen molar-refractivity contribution in [3.05, 3.63) is 46.7 Å². The zero-order valence-corrected chi connectivity index (χ0v) is 20.0. The van der Waals surface area contributed by atoms with Crippen LogP contribution in [0.25, 0.3) is 10.9 Å². The van der Waals surface area contributed by atoms with Crippen LogP contribution in [0.4, 0.5) is 11.5 Å². The number of fused-ring (bicyclic) bond motifs is 1. The molecule has 1 aromatic heterocycles. The number of aromatic nitrogens is 2. The molecule has 0 saturated carbocycles. The lowest BCUT2D eigenvalue weighted by atomic mass is 10.0. The lowest BCUT2D eigenvalue weighted by Gasteiger charge is -2.43. The summed E-state index contributed by atoms with van der Waals surface area (Å²) in [5, 5.41) is 5.01. The Hall–Kier alpha value is -2.32. The third-order valence-electron chi connectivity index (χ3n) is 5.71. The average Bonchev–Trinajstić information content (AvgIpc) is 2.77. The topological polar surface area (TPSA) is 68.7 Å². The van der Waals surface area contributed by atoms with E-state index in [2.05, 4.69) is 41.1 Å². The van der Waals surface area contributed by atoms with Crippen LogP contribution in [0.3, 0.4) is 0 Å². The van der Waals surface area contributed by atoms with Crippen LogP contribution in [0.1, 0.15) is 13.8 Å². The number of halogens is 2. The van der Waals surface area contributed by atoms with Gasteiger partial charge in [-0.05, 0) is 45.2 Å². The van der Waals surface area contributed by atoms with Crippen LogP contribution in [0.5, 0.6) is 11.5 Å². The summed E-state index contributed by atoms with van der Waals surface area (Å²) in [6.07, 6.45) is 1.48. The van der Waals surface area contributed by atoms with Gasteiger partial charge in [0.1, 0.15) is 24.9 Å².